The molecule has 2 aromatic rings. The zero-order valence-electron chi connectivity index (χ0n) is 11.4. The molecule has 0 spiro atoms. The van der Waals surface area contributed by atoms with Crippen molar-refractivity contribution in [3.63, 3.8) is 0 Å². The number of urea groups is 1. The second-order valence-corrected chi connectivity index (χ2v) is 5.61. The van der Waals surface area contributed by atoms with Gasteiger partial charge in [-0.25, -0.2) is 9.78 Å². The highest BCUT2D eigenvalue weighted by Crippen LogP contribution is 2.21. The molecule has 20 heavy (non-hydrogen) atoms. The zero-order chi connectivity index (χ0) is 14.5. The lowest BCUT2D eigenvalue weighted by Crippen LogP contribution is -2.34. The van der Waals surface area contributed by atoms with Crippen molar-refractivity contribution in [3.8, 4) is 0 Å². The highest BCUT2D eigenvalue weighted by molar-refractivity contribution is 7.15. The molecule has 3 N–H and O–H groups in total. The molecule has 1 aromatic carbocycles. The van der Waals surface area contributed by atoms with Crippen LogP contribution in [0.2, 0.25) is 0 Å². The van der Waals surface area contributed by atoms with Crippen LogP contribution in [-0.4, -0.2) is 22.7 Å². The molecule has 2 amide bonds. The summed E-state index contributed by atoms with van der Waals surface area (Å²) in [5, 5.41) is 15.4. The molecule has 106 valence electrons. The minimum atomic E-state index is -0.432. The number of hydrogen-bond acceptors (Lipinski definition) is 4. The molecule has 6 heteroatoms. The summed E-state index contributed by atoms with van der Waals surface area (Å²) in [4.78, 5) is 17.2. The summed E-state index contributed by atoms with van der Waals surface area (Å²) < 4.78 is 0. The van der Waals surface area contributed by atoms with Gasteiger partial charge in [0.2, 0.25) is 0 Å². The molecule has 0 saturated heterocycles. The number of thiazole rings is 1. The van der Waals surface area contributed by atoms with Crippen molar-refractivity contribution in [3.05, 3.63) is 46.5 Å². The molecule has 0 aliphatic heterocycles. The Kier molecular flexibility index (Phi) is 4.70. The molecular formula is C14H17N3O2S. The summed E-state index contributed by atoms with van der Waals surface area (Å²) in [6, 6.07) is 8.53. The van der Waals surface area contributed by atoms with E-state index in [9.17, 15) is 9.90 Å². The van der Waals surface area contributed by atoms with E-state index in [4.69, 9.17) is 0 Å². The van der Waals surface area contributed by atoms with Crippen LogP contribution in [-0.2, 0) is 0 Å². The maximum atomic E-state index is 11.9. The first-order chi connectivity index (χ1) is 9.60. The number of nitrogens with zero attached hydrogens (tertiary/aromatic N) is 1. The number of rotatable bonds is 4. The third-order valence-corrected chi connectivity index (χ3v) is 3.93. The van der Waals surface area contributed by atoms with Crippen LogP contribution in [0.15, 0.2) is 30.3 Å². The lowest BCUT2D eigenvalue weighted by atomic mass is 10.1. The molecule has 1 heterocycles. The molecular weight excluding hydrogens is 274 g/mol. The Hall–Kier alpha value is -1.92. The van der Waals surface area contributed by atoms with Crippen molar-refractivity contribution in [2.45, 2.75) is 19.9 Å². The number of aliphatic hydroxyl groups excluding tert-OH is 1. The summed E-state index contributed by atoms with van der Waals surface area (Å²) >= 11 is 1.43. The predicted molar refractivity (Wildman–Crippen MR) is 80.0 cm³/mol. The fourth-order valence-corrected chi connectivity index (χ4v) is 2.55. The van der Waals surface area contributed by atoms with Crippen LogP contribution < -0.4 is 10.6 Å². The van der Waals surface area contributed by atoms with Crippen LogP contribution in [0.25, 0.3) is 0 Å². The number of hydrogen-bond donors (Lipinski definition) is 3. The number of carbonyl (C=O) groups excluding carboxylic acids is 1. The Morgan fingerprint density at radius 1 is 1.35 bits per heavy atom. The smallest absolute Gasteiger partial charge is 0.321 e. The van der Waals surface area contributed by atoms with Gasteiger partial charge in [-0.05, 0) is 19.4 Å². The van der Waals surface area contributed by atoms with E-state index < -0.39 is 6.04 Å². The minimum absolute atomic E-state index is 0.159. The minimum Gasteiger partial charge on any atom is -0.394 e. The first-order valence-corrected chi connectivity index (χ1v) is 7.09. The molecule has 0 bridgehead atoms. The average Bonchev–Trinajstić information content (AvgIpc) is 2.75. The third kappa shape index (κ3) is 3.55. The van der Waals surface area contributed by atoms with Gasteiger partial charge in [0.1, 0.15) is 0 Å². The number of nitrogens with one attached hydrogen (secondary N) is 2. The topological polar surface area (TPSA) is 74.2 Å². The van der Waals surface area contributed by atoms with Gasteiger partial charge in [-0.3, -0.25) is 5.32 Å². The van der Waals surface area contributed by atoms with Gasteiger partial charge in [0, 0.05) is 4.88 Å². The number of aromatic nitrogens is 1. The summed E-state index contributed by atoms with van der Waals surface area (Å²) in [5.41, 5.74) is 1.77. The van der Waals surface area contributed by atoms with Gasteiger partial charge in [-0.2, -0.15) is 0 Å². The van der Waals surface area contributed by atoms with Gasteiger partial charge < -0.3 is 10.4 Å². The standard InChI is InChI=1S/C14H17N3O2S/c1-9-10(2)20-14(15-9)17-13(19)16-12(8-18)11-6-4-3-5-7-11/h3-7,12,18H,8H2,1-2H3,(H2,15,16,17,19)/t12-/m1/s1. The molecule has 5 nitrogen and oxygen atoms in total. The number of aliphatic hydroxyl groups is 1. The summed E-state index contributed by atoms with van der Waals surface area (Å²) in [7, 11) is 0. The highest BCUT2D eigenvalue weighted by atomic mass is 32.1. The number of carbonyl (C=O) groups is 1. The monoisotopic (exact) mass is 291 g/mol. The number of benzene rings is 1. The van der Waals surface area contributed by atoms with Gasteiger partial charge in [0.05, 0.1) is 18.3 Å². The first-order valence-electron chi connectivity index (χ1n) is 6.27. The fraction of sp³-hybridized carbons (Fsp3) is 0.286. The number of aryl methyl sites for hydroxylation is 2. The average molecular weight is 291 g/mol. The van der Waals surface area contributed by atoms with Crippen LogP contribution in [0.5, 0.6) is 0 Å². The second-order valence-electron chi connectivity index (χ2n) is 4.40. The Morgan fingerprint density at radius 3 is 2.60 bits per heavy atom. The molecule has 0 radical (unpaired) electrons. The van der Waals surface area contributed by atoms with E-state index in [2.05, 4.69) is 15.6 Å². The highest BCUT2D eigenvalue weighted by Gasteiger charge is 2.14. The Balaban J connectivity index is 1.99. The van der Waals surface area contributed by atoms with Crippen molar-refractivity contribution in [2.75, 3.05) is 11.9 Å². The quantitative estimate of drug-likeness (QED) is 0.810. The Labute approximate surface area is 121 Å². The van der Waals surface area contributed by atoms with Crippen molar-refractivity contribution in [2.24, 2.45) is 0 Å². The van der Waals surface area contributed by atoms with Crippen molar-refractivity contribution in [1.29, 1.82) is 0 Å². The Bertz CT molecular complexity index is 564. The van der Waals surface area contributed by atoms with Gasteiger partial charge in [0.15, 0.2) is 5.13 Å². The van der Waals surface area contributed by atoms with Crippen molar-refractivity contribution < 1.29 is 9.90 Å². The van der Waals surface area contributed by atoms with Crippen LogP contribution in [0.4, 0.5) is 9.93 Å². The van der Waals surface area contributed by atoms with Crippen LogP contribution in [0, 0.1) is 13.8 Å². The number of amides is 2. The van der Waals surface area contributed by atoms with Gasteiger partial charge in [-0.15, -0.1) is 11.3 Å². The largest absolute Gasteiger partial charge is 0.394 e. The summed E-state index contributed by atoms with van der Waals surface area (Å²) in [6.45, 7) is 3.69. The van der Waals surface area contributed by atoms with E-state index in [0.29, 0.717) is 5.13 Å². The third-order valence-electron chi connectivity index (χ3n) is 2.94. The summed E-state index contributed by atoms with van der Waals surface area (Å²) in [6.07, 6.45) is 0. The molecule has 2 rings (SSSR count). The maximum absolute atomic E-state index is 11.9. The van der Waals surface area contributed by atoms with E-state index in [0.717, 1.165) is 16.1 Å². The van der Waals surface area contributed by atoms with Crippen LogP contribution in [0.1, 0.15) is 22.2 Å². The maximum Gasteiger partial charge on any atom is 0.321 e. The lowest BCUT2D eigenvalue weighted by molar-refractivity contribution is 0.225. The predicted octanol–water partition coefficient (Wildman–Crippen LogP) is 2.62. The van der Waals surface area contributed by atoms with Crippen molar-refractivity contribution >= 4 is 22.5 Å². The Morgan fingerprint density at radius 2 is 2.05 bits per heavy atom. The molecule has 0 aliphatic rings. The van der Waals surface area contributed by atoms with E-state index in [-0.39, 0.29) is 12.6 Å². The van der Waals surface area contributed by atoms with Crippen molar-refractivity contribution in [1.82, 2.24) is 10.3 Å². The number of anilines is 1. The molecule has 0 unspecified atom stereocenters. The van der Waals surface area contributed by atoms with E-state index in [1.54, 1.807) is 0 Å². The zero-order valence-corrected chi connectivity index (χ0v) is 12.2. The molecule has 0 fully saturated rings. The normalized spacial score (nSPS) is 11.9. The van der Waals surface area contributed by atoms with E-state index in [1.165, 1.54) is 11.3 Å². The lowest BCUT2D eigenvalue weighted by Gasteiger charge is -2.16. The van der Waals surface area contributed by atoms with E-state index in [1.807, 2.05) is 44.2 Å². The molecule has 1 atom stereocenters. The van der Waals surface area contributed by atoms with Crippen LogP contribution in [0.3, 0.4) is 0 Å². The fourth-order valence-electron chi connectivity index (χ4n) is 1.74. The van der Waals surface area contributed by atoms with Gasteiger partial charge >= 0.3 is 6.03 Å². The van der Waals surface area contributed by atoms with E-state index >= 15 is 0 Å². The SMILES string of the molecule is Cc1nc(NC(=O)N[C@H](CO)c2ccccc2)sc1C. The van der Waals surface area contributed by atoms with Gasteiger partial charge in [-0.1, -0.05) is 30.3 Å². The summed E-state index contributed by atoms with van der Waals surface area (Å²) in [5.74, 6) is 0. The molecule has 1 aromatic heterocycles. The van der Waals surface area contributed by atoms with Crippen LogP contribution >= 0.6 is 11.3 Å². The van der Waals surface area contributed by atoms with Gasteiger partial charge in [0.25, 0.3) is 0 Å². The molecule has 0 saturated carbocycles. The second kappa shape index (κ2) is 6.49. The molecule has 0 aliphatic carbocycles. The first kappa shape index (κ1) is 14.5.